The molecule has 4 rings (SSSR count). The summed E-state index contributed by atoms with van der Waals surface area (Å²) in [6, 6.07) is 21.5. The van der Waals surface area contributed by atoms with Gasteiger partial charge in [-0.3, -0.25) is 9.69 Å². The Morgan fingerprint density at radius 2 is 1.75 bits per heavy atom. The zero-order chi connectivity index (χ0) is 19.7. The summed E-state index contributed by atoms with van der Waals surface area (Å²) in [4.78, 5) is 15.0. The maximum absolute atomic E-state index is 13.3. The molecular weight excluding hydrogens is 348 g/mol. The van der Waals surface area contributed by atoms with Crippen molar-refractivity contribution in [2.75, 3.05) is 10.6 Å². The highest BCUT2D eigenvalue weighted by atomic mass is 16.5. The number of anilines is 2. The van der Waals surface area contributed by atoms with E-state index in [0.29, 0.717) is 29.4 Å². The van der Waals surface area contributed by atoms with Crippen LogP contribution in [0.5, 0.6) is 5.75 Å². The number of benzene rings is 3. The molecular formula is C24H22N2O2. The second-order valence-corrected chi connectivity index (χ2v) is 7.13. The second kappa shape index (κ2) is 7.24. The maximum Gasteiger partial charge on any atom is 0.294 e. The number of rotatable bonds is 3. The van der Waals surface area contributed by atoms with Gasteiger partial charge in [-0.1, -0.05) is 59.7 Å². The minimum absolute atomic E-state index is 0.180. The van der Waals surface area contributed by atoms with Crippen LogP contribution in [0.1, 0.15) is 22.3 Å². The average Bonchev–Trinajstić information content (AvgIpc) is 2.67. The molecule has 2 N–H and O–H groups in total. The molecule has 0 aromatic heterocycles. The van der Waals surface area contributed by atoms with Gasteiger partial charge in [0.15, 0.2) is 11.5 Å². The van der Waals surface area contributed by atoms with E-state index in [0.717, 1.165) is 16.7 Å². The number of carbonyl (C=O) groups excluding carboxylic acids is 1. The molecule has 1 aliphatic rings. The van der Waals surface area contributed by atoms with E-state index in [2.05, 4.69) is 0 Å². The van der Waals surface area contributed by atoms with Crippen molar-refractivity contribution in [2.45, 2.75) is 20.4 Å². The summed E-state index contributed by atoms with van der Waals surface area (Å²) in [5.41, 5.74) is 11.5. The topological polar surface area (TPSA) is 55.6 Å². The third-order valence-corrected chi connectivity index (χ3v) is 4.75. The van der Waals surface area contributed by atoms with E-state index < -0.39 is 0 Å². The quantitative estimate of drug-likeness (QED) is 0.529. The summed E-state index contributed by atoms with van der Waals surface area (Å²) in [6.07, 6.45) is 1.79. The minimum Gasteiger partial charge on any atom is -0.449 e. The fraction of sp³-hybridized carbons (Fsp3) is 0.125. The fourth-order valence-electron chi connectivity index (χ4n) is 3.27. The van der Waals surface area contributed by atoms with Crippen molar-refractivity contribution in [1.29, 1.82) is 0 Å². The molecule has 4 heteroatoms. The van der Waals surface area contributed by atoms with E-state index in [1.54, 1.807) is 23.1 Å². The molecule has 0 spiro atoms. The summed E-state index contributed by atoms with van der Waals surface area (Å²) in [6.45, 7) is 4.51. The first-order valence-electron chi connectivity index (χ1n) is 9.23. The van der Waals surface area contributed by atoms with Gasteiger partial charge in [-0.05, 0) is 49.2 Å². The first-order chi connectivity index (χ1) is 13.5. The number of fused-ring (bicyclic) bond motifs is 1. The van der Waals surface area contributed by atoms with Crippen molar-refractivity contribution >= 4 is 23.4 Å². The molecule has 1 aliphatic heterocycles. The average molecular weight is 370 g/mol. The van der Waals surface area contributed by atoms with Gasteiger partial charge in [-0.25, -0.2) is 0 Å². The molecule has 140 valence electrons. The van der Waals surface area contributed by atoms with Crippen molar-refractivity contribution in [3.05, 3.63) is 94.7 Å². The van der Waals surface area contributed by atoms with Crippen LogP contribution in [0.2, 0.25) is 0 Å². The predicted octanol–water partition coefficient (Wildman–Crippen LogP) is 4.85. The number of nitrogens with zero attached hydrogens (tertiary/aromatic N) is 1. The van der Waals surface area contributed by atoms with Crippen molar-refractivity contribution < 1.29 is 9.53 Å². The Bertz CT molecular complexity index is 1070. The molecule has 0 unspecified atom stereocenters. The fourth-order valence-corrected chi connectivity index (χ4v) is 3.27. The Morgan fingerprint density at radius 3 is 2.50 bits per heavy atom. The summed E-state index contributed by atoms with van der Waals surface area (Å²) >= 11 is 0. The van der Waals surface area contributed by atoms with Crippen LogP contribution in [0.3, 0.4) is 0 Å². The summed E-state index contributed by atoms with van der Waals surface area (Å²) in [7, 11) is 0. The highest BCUT2D eigenvalue weighted by Crippen LogP contribution is 2.38. The molecule has 1 amide bonds. The number of nitrogen functional groups attached to an aromatic ring is 1. The Kier molecular flexibility index (Phi) is 4.62. The third-order valence-electron chi connectivity index (χ3n) is 4.75. The molecule has 4 nitrogen and oxygen atoms in total. The van der Waals surface area contributed by atoms with E-state index in [-0.39, 0.29) is 5.91 Å². The van der Waals surface area contributed by atoms with Crippen LogP contribution in [0, 0.1) is 13.8 Å². The largest absolute Gasteiger partial charge is 0.449 e. The number of ether oxygens (including phenoxy) is 1. The number of amides is 1. The molecule has 0 fully saturated rings. The van der Waals surface area contributed by atoms with Gasteiger partial charge in [0.25, 0.3) is 5.91 Å². The Hall–Kier alpha value is -3.53. The highest BCUT2D eigenvalue weighted by molar-refractivity contribution is 6.10. The van der Waals surface area contributed by atoms with E-state index in [9.17, 15) is 4.79 Å². The normalized spacial score (nSPS) is 14.7. The van der Waals surface area contributed by atoms with Gasteiger partial charge < -0.3 is 10.5 Å². The van der Waals surface area contributed by atoms with Gasteiger partial charge in [-0.2, -0.15) is 0 Å². The van der Waals surface area contributed by atoms with Gasteiger partial charge in [0.1, 0.15) is 0 Å². The molecule has 28 heavy (non-hydrogen) atoms. The number of aryl methyl sites for hydroxylation is 2. The lowest BCUT2D eigenvalue weighted by Crippen LogP contribution is -2.36. The first-order valence-corrected chi connectivity index (χ1v) is 9.23. The van der Waals surface area contributed by atoms with Crippen LogP contribution >= 0.6 is 0 Å². The monoisotopic (exact) mass is 370 g/mol. The van der Waals surface area contributed by atoms with Crippen LogP contribution in [-0.2, 0) is 11.3 Å². The zero-order valence-electron chi connectivity index (χ0n) is 16.0. The van der Waals surface area contributed by atoms with Gasteiger partial charge in [0, 0.05) is 5.69 Å². The standard InChI is InChI=1S/C24H22N2O2/c1-16-6-8-18(9-7-16)15-26-21-14-20(25)10-11-22(21)28-23(24(26)27)13-19-5-3-4-17(2)12-19/h3-14H,15,25H2,1-2H3/b23-13+. The SMILES string of the molecule is Cc1ccc(CN2C(=O)/C(=C\c3cccc(C)c3)Oc3ccc(N)cc32)cc1. The van der Waals surface area contributed by atoms with E-state index in [4.69, 9.17) is 10.5 Å². The van der Waals surface area contributed by atoms with Crippen LogP contribution in [-0.4, -0.2) is 5.91 Å². The van der Waals surface area contributed by atoms with Crippen molar-refractivity contribution in [3.8, 4) is 5.75 Å². The molecule has 0 radical (unpaired) electrons. The number of hydrogen-bond acceptors (Lipinski definition) is 3. The van der Waals surface area contributed by atoms with Gasteiger partial charge in [0.05, 0.1) is 12.2 Å². The van der Waals surface area contributed by atoms with Crippen molar-refractivity contribution in [2.24, 2.45) is 0 Å². The van der Waals surface area contributed by atoms with E-state index in [1.807, 2.05) is 68.4 Å². The molecule has 0 saturated carbocycles. The maximum atomic E-state index is 13.3. The molecule has 3 aromatic rings. The zero-order valence-corrected chi connectivity index (χ0v) is 16.0. The molecule has 0 atom stereocenters. The molecule has 0 bridgehead atoms. The molecule has 0 saturated heterocycles. The highest BCUT2D eigenvalue weighted by Gasteiger charge is 2.30. The minimum atomic E-state index is -0.180. The number of nitrogens with two attached hydrogens (primary N) is 1. The lowest BCUT2D eigenvalue weighted by atomic mass is 10.1. The smallest absolute Gasteiger partial charge is 0.294 e. The van der Waals surface area contributed by atoms with Gasteiger partial charge >= 0.3 is 0 Å². The predicted molar refractivity (Wildman–Crippen MR) is 113 cm³/mol. The lowest BCUT2D eigenvalue weighted by molar-refractivity contribution is -0.117. The van der Waals surface area contributed by atoms with Crippen molar-refractivity contribution in [3.63, 3.8) is 0 Å². The van der Waals surface area contributed by atoms with Crippen LogP contribution in [0.15, 0.2) is 72.5 Å². The van der Waals surface area contributed by atoms with E-state index in [1.165, 1.54) is 5.56 Å². The Morgan fingerprint density at radius 1 is 0.964 bits per heavy atom. The summed E-state index contributed by atoms with van der Waals surface area (Å²) in [5.74, 6) is 0.745. The van der Waals surface area contributed by atoms with Gasteiger partial charge in [0.2, 0.25) is 0 Å². The molecule has 0 aliphatic carbocycles. The van der Waals surface area contributed by atoms with E-state index >= 15 is 0 Å². The number of hydrogen-bond donors (Lipinski definition) is 1. The Labute approximate surface area is 164 Å². The van der Waals surface area contributed by atoms with Crippen LogP contribution in [0.4, 0.5) is 11.4 Å². The number of carbonyl (C=O) groups is 1. The van der Waals surface area contributed by atoms with Gasteiger partial charge in [-0.15, -0.1) is 0 Å². The van der Waals surface area contributed by atoms with Crippen molar-refractivity contribution in [1.82, 2.24) is 0 Å². The summed E-state index contributed by atoms with van der Waals surface area (Å²) in [5, 5.41) is 0. The first kappa shape index (κ1) is 17.9. The molecule has 1 heterocycles. The summed E-state index contributed by atoms with van der Waals surface area (Å²) < 4.78 is 5.94. The Balaban J connectivity index is 1.75. The van der Waals surface area contributed by atoms with Crippen LogP contribution in [0.25, 0.3) is 6.08 Å². The second-order valence-electron chi connectivity index (χ2n) is 7.13. The lowest BCUT2D eigenvalue weighted by Gasteiger charge is -2.31. The van der Waals surface area contributed by atoms with Crippen LogP contribution < -0.4 is 15.4 Å². The molecule has 3 aromatic carbocycles. The third kappa shape index (κ3) is 3.62.